The molecule has 0 saturated carbocycles. The standard InChI is InChI=1S/C14H13BrN2/c15-10-12-5-3-8-16-14(12)17-9-7-11-4-1-2-6-13(11)17/h1-6,8H,7,9-10H2. The van der Waals surface area contributed by atoms with Crippen LogP contribution in [-0.4, -0.2) is 11.5 Å². The molecule has 0 N–H and O–H groups in total. The van der Waals surface area contributed by atoms with Gasteiger partial charge in [0.1, 0.15) is 5.82 Å². The Labute approximate surface area is 109 Å². The normalized spacial score (nSPS) is 13.8. The predicted molar refractivity (Wildman–Crippen MR) is 74.0 cm³/mol. The number of hydrogen-bond donors (Lipinski definition) is 0. The van der Waals surface area contributed by atoms with Gasteiger partial charge in [-0.25, -0.2) is 4.98 Å². The molecule has 86 valence electrons. The average molecular weight is 289 g/mol. The molecule has 0 amide bonds. The molecule has 0 aliphatic carbocycles. The summed E-state index contributed by atoms with van der Waals surface area (Å²) >= 11 is 3.53. The van der Waals surface area contributed by atoms with Crippen LogP contribution in [0.3, 0.4) is 0 Å². The second-order valence-electron chi connectivity index (χ2n) is 4.15. The average Bonchev–Trinajstić information content (AvgIpc) is 2.82. The molecule has 3 rings (SSSR count). The Balaban J connectivity index is 2.07. The van der Waals surface area contributed by atoms with E-state index in [1.807, 2.05) is 12.3 Å². The quantitative estimate of drug-likeness (QED) is 0.784. The molecule has 2 aromatic rings. The van der Waals surface area contributed by atoms with E-state index >= 15 is 0 Å². The van der Waals surface area contributed by atoms with Crippen LogP contribution in [-0.2, 0) is 11.8 Å². The van der Waals surface area contributed by atoms with Gasteiger partial charge in [0.15, 0.2) is 0 Å². The van der Waals surface area contributed by atoms with Gasteiger partial charge in [0.2, 0.25) is 0 Å². The maximum absolute atomic E-state index is 4.53. The van der Waals surface area contributed by atoms with Crippen molar-refractivity contribution < 1.29 is 0 Å². The smallest absolute Gasteiger partial charge is 0.137 e. The van der Waals surface area contributed by atoms with Crippen LogP contribution in [0.25, 0.3) is 0 Å². The molecule has 3 heteroatoms. The van der Waals surface area contributed by atoms with Crippen molar-refractivity contribution in [2.24, 2.45) is 0 Å². The number of aromatic nitrogens is 1. The van der Waals surface area contributed by atoms with Gasteiger partial charge in [0.05, 0.1) is 0 Å². The van der Waals surface area contributed by atoms with Gasteiger partial charge in [-0.15, -0.1) is 0 Å². The van der Waals surface area contributed by atoms with Crippen molar-refractivity contribution in [1.82, 2.24) is 4.98 Å². The minimum atomic E-state index is 0.842. The number of pyridine rings is 1. The molecule has 2 heterocycles. The number of hydrogen-bond acceptors (Lipinski definition) is 2. The zero-order valence-electron chi connectivity index (χ0n) is 9.44. The first-order valence-electron chi connectivity index (χ1n) is 5.75. The van der Waals surface area contributed by atoms with E-state index in [-0.39, 0.29) is 0 Å². The van der Waals surface area contributed by atoms with Crippen molar-refractivity contribution in [2.75, 3.05) is 11.4 Å². The number of nitrogens with zero attached hydrogens (tertiary/aromatic N) is 2. The number of benzene rings is 1. The van der Waals surface area contributed by atoms with Crippen molar-refractivity contribution in [3.05, 3.63) is 53.7 Å². The Hall–Kier alpha value is -1.35. The summed E-state index contributed by atoms with van der Waals surface area (Å²) in [5.41, 5.74) is 3.95. The Kier molecular flexibility index (Phi) is 2.85. The molecule has 0 unspecified atom stereocenters. The predicted octanol–water partition coefficient (Wildman–Crippen LogP) is 3.67. The first-order valence-corrected chi connectivity index (χ1v) is 6.87. The molecule has 2 nitrogen and oxygen atoms in total. The van der Waals surface area contributed by atoms with Gasteiger partial charge in [0, 0.05) is 29.3 Å². The summed E-state index contributed by atoms with van der Waals surface area (Å²) in [4.78, 5) is 6.84. The van der Waals surface area contributed by atoms with Crippen molar-refractivity contribution >= 4 is 27.4 Å². The van der Waals surface area contributed by atoms with E-state index in [0.29, 0.717) is 0 Å². The highest BCUT2D eigenvalue weighted by Gasteiger charge is 2.22. The fourth-order valence-corrected chi connectivity index (χ4v) is 2.77. The van der Waals surface area contributed by atoms with Crippen LogP contribution in [0, 0.1) is 0 Å². The summed E-state index contributed by atoms with van der Waals surface area (Å²) in [6.07, 6.45) is 2.97. The first kappa shape index (κ1) is 10.8. The monoisotopic (exact) mass is 288 g/mol. The number of alkyl halides is 1. The fourth-order valence-electron chi connectivity index (χ4n) is 2.34. The van der Waals surface area contributed by atoms with E-state index in [0.717, 1.165) is 24.1 Å². The molecule has 1 aromatic carbocycles. The lowest BCUT2D eigenvalue weighted by Crippen LogP contribution is -2.16. The molecule has 0 fully saturated rings. The fraction of sp³-hybridized carbons (Fsp3) is 0.214. The summed E-state index contributed by atoms with van der Waals surface area (Å²) in [5, 5.41) is 0.842. The molecule has 0 radical (unpaired) electrons. The highest BCUT2D eigenvalue weighted by atomic mass is 79.9. The van der Waals surface area contributed by atoms with Gasteiger partial charge in [-0.05, 0) is 24.1 Å². The first-order chi connectivity index (χ1) is 8.40. The van der Waals surface area contributed by atoms with E-state index in [1.54, 1.807) is 0 Å². The third kappa shape index (κ3) is 1.84. The van der Waals surface area contributed by atoms with E-state index in [1.165, 1.54) is 16.8 Å². The Morgan fingerprint density at radius 2 is 2.06 bits per heavy atom. The second kappa shape index (κ2) is 4.49. The van der Waals surface area contributed by atoms with E-state index in [2.05, 4.69) is 56.1 Å². The Morgan fingerprint density at radius 1 is 1.18 bits per heavy atom. The Bertz CT molecular complexity index is 539. The third-order valence-electron chi connectivity index (χ3n) is 3.15. The summed E-state index contributed by atoms with van der Waals surface area (Å²) in [7, 11) is 0. The highest BCUT2D eigenvalue weighted by molar-refractivity contribution is 9.08. The van der Waals surface area contributed by atoms with Crippen molar-refractivity contribution in [2.45, 2.75) is 11.8 Å². The highest BCUT2D eigenvalue weighted by Crippen LogP contribution is 2.35. The number of rotatable bonds is 2. The molecular weight excluding hydrogens is 276 g/mol. The molecule has 0 atom stereocenters. The minimum Gasteiger partial charge on any atom is -0.326 e. The van der Waals surface area contributed by atoms with E-state index < -0.39 is 0 Å². The third-order valence-corrected chi connectivity index (χ3v) is 3.76. The molecule has 17 heavy (non-hydrogen) atoms. The van der Waals surface area contributed by atoms with Gasteiger partial charge in [-0.1, -0.05) is 40.2 Å². The van der Waals surface area contributed by atoms with Gasteiger partial charge in [0.25, 0.3) is 0 Å². The number of anilines is 2. The maximum Gasteiger partial charge on any atom is 0.137 e. The van der Waals surface area contributed by atoms with Crippen molar-refractivity contribution in [3.63, 3.8) is 0 Å². The van der Waals surface area contributed by atoms with Crippen LogP contribution in [0.5, 0.6) is 0 Å². The van der Waals surface area contributed by atoms with Crippen LogP contribution in [0.2, 0.25) is 0 Å². The number of para-hydroxylation sites is 1. The molecule has 0 saturated heterocycles. The molecule has 1 aromatic heterocycles. The van der Waals surface area contributed by atoms with Gasteiger partial charge in [-0.3, -0.25) is 0 Å². The molecule has 1 aliphatic heterocycles. The van der Waals surface area contributed by atoms with Crippen LogP contribution >= 0.6 is 15.9 Å². The SMILES string of the molecule is BrCc1cccnc1N1CCc2ccccc21. The summed E-state index contributed by atoms with van der Waals surface area (Å²) < 4.78 is 0. The van der Waals surface area contributed by atoms with Crippen LogP contribution < -0.4 is 4.90 Å². The lowest BCUT2D eigenvalue weighted by Gasteiger charge is -2.20. The van der Waals surface area contributed by atoms with Crippen LogP contribution in [0.15, 0.2) is 42.6 Å². The number of fused-ring (bicyclic) bond motifs is 1. The summed E-state index contributed by atoms with van der Waals surface area (Å²) in [6, 6.07) is 12.7. The van der Waals surface area contributed by atoms with Gasteiger partial charge >= 0.3 is 0 Å². The van der Waals surface area contributed by atoms with E-state index in [9.17, 15) is 0 Å². The topological polar surface area (TPSA) is 16.1 Å². The van der Waals surface area contributed by atoms with Crippen LogP contribution in [0.4, 0.5) is 11.5 Å². The van der Waals surface area contributed by atoms with Gasteiger partial charge < -0.3 is 4.90 Å². The largest absolute Gasteiger partial charge is 0.326 e. The molecular formula is C14H13BrN2. The lowest BCUT2D eigenvalue weighted by atomic mass is 10.2. The summed E-state index contributed by atoms with van der Waals surface area (Å²) in [6.45, 7) is 1.02. The zero-order valence-corrected chi connectivity index (χ0v) is 11.0. The van der Waals surface area contributed by atoms with Crippen molar-refractivity contribution in [1.29, 1.82) is 0 Å². The Morgan fingerprint density at radius 3 is 2.94 bits per heavy atom. The van der Waals surface area contributed by atoms with Crippen LogP contribution in [0.1, 0.15) is 11.1 Å². The molecule has 0 bridgehead atoms. The lowest BCUT2D eigenvalue weighted by molar-refractivity contribution is 0.965. The van der Waals surface area contributed by atoms with Gasteiger partial charge in [-0.2, -0.15) is 0 Å². The minimum absolute atomic E-state index is 0.842. The molecule has 1 aliphatic rings. The second-order valence-corrected chi connectivity index (χ2v) is 4.71. The molecule has 0 spiro atoms. The van der Waals surface area contributed by atoms with Crippen molar-refractivity contribution in [3.8, 4) is 0 Å². The number of halogens is 1. The maximum atomic E-state index is 4.53. The summed E-state index contributed by atoms with van der Waals surface area (Å²) in [5.74, 6) is 1.08. The zero-order chi connectivity index (χ0) is 11.7. The van der Waals surface area contributed by atoms with E-state index in [4.69, 9.17) is 0 Å².